The van der Waals surface area contributed by atoms with Crippen molar-refractivity contribution in [2.24, 2.45) is 0 Å². The summed E-state index contributed by atoms with van der Waals surface area (Å²) in [4.78, 5) is 17.5. The van der Waals surface area contributed by atoms with Gasteiger partial charge in [0.2, 0.25) is 5.65 Å². The van der Waals surface area contributed by atoms with Gasteiger partial charge in [-0.15, -0.1) is 0 Å². The van der Waals surface area contributed by atoms with E-state index in [2.05, 4.69) is 4.98 Å². The molecule has 0 aliphatic heterocycles. The van der Waals surface area contributed by atoms with Gasteiger partial charge in [-0.2, -0.15) is 0 Å². The Morgan fingerprint density at radius 1 is 1.11 bits per heavy atom. The first-order chi connectivity index (χ1) is 13.6. The van der Waals surface area contributed by atoms with Crippen LogP contribution in [0, 0.1) is 0 Å². The highest BCUT2D eigenvalue weighted by Crippen LogP contribution is 2.26. The van der Waals surface area contributed by atoms with E-state index in [9.17, 15) is 4.79 Å². The van der Waals surface area contributed by atoms with E-state index >= 15 is 0 Å². The normalized spacial score (nSPS) is 11.0. The molecule has 2 aromatic heterocycles. The van der Waals surface area contributed by atoms with E-state index in [0.717, 1.165) is 11.3 Å². The van der Waals surface area contributed by atoms with E-state index in [4.69, 9.17) is 21.1 Å². The molecule has 0 spiro atoms. The minimum absolute atomic E-state index is 0.235. The average molecular weight is 396 g/mol. The van der Waals surface area contributed by atoms with Crippen molar-refractivity contribution in [1.29, 1.82) is 0 Å². The van der Waals surface area contributed by atoms with Crippen molar-refractivity contribution in [3.8, 4) is 28.4 Å². The van der Waals surface area contributed by atoms with Crippen molar-refractivity contribution >= 4 is 17.2 Å². The number of benzene rings is 2. The molecule has 4 aromatic rings. The standard InChI is InChI=1S/C21H18ClN3O3/c1-3-28-16-7-4-14(5-8-16)18-13-24-10-11-25(21(26)20(24)23-18)15-6-9-19(27-2)17(22)12-15/h4-13H,3H2,1-2H3. The molecule has 0 radical (unpaired) electrons. The molecule has 4 rings (SSSR count). The first-order valence-corrected chi connectivity index (χ1v) is 9.16. The number of hydrogen-bond acceptors (Lipinski definition) is 4. The zero-order chi connectivity index (χ0) is 19.7. The molecule has 0 bridgehead atoms. The maximum atomic E-state index is 13.0. The van der Waals surface area contributed by atoms with E-state index in [1.165, 1.54) is 4.57 Å². The number of nitrogens with zero attached hydrogens (tertiary/aromatic N) is 3. The van der Waals surface area contributed by atoms with Gasteiger partial charge < -0.3 is 13.9 Å². The summed E-state index contributed by atoms with van der Waals surface area (Å²) in [5.74, 6) is 1.35. The van der Waals surface area contributed by atoms with Crippen LogP contribution >= 0.6 is 11.6 Å². The molecular formula is C21H18ClN3O3. The Labute approximate surface area is 166 Å². The van der Waals surface area contributed by atoms with Crippen LogP contribution < -0.4 is 15.0 Å². The molecule has 0 N–H and O–H groups in total. The Morgan fingerprint density at radius 3 is 2.57 bits per heavy atom. The molecule has 0 unspecified atom stereocenters. The molecule has 2 heterocycles. The van der Waals surface area contributed by atoms with Crippen LogP contribution in [0.15, 0.2) is 65.8 Å². The third-order valence-corrected chi connectivity index (χ3v) is 4.69. The summed E-state index contributed by atoms with van der Waals surface area (Å²) >= 11 is 6.20. The lowest BCUT2D eigenvalue weighted by Crippen LogP contribution is -2.19. The first kappa shape index (κ1) is 18.1. The summed E-state index contributed by atoms with van der Waals surface area (Å²) in [6.45, 7) is 2.56. The Bertz CT molecular complexity index is 1200. The minimum Gasteiger partial charge on any atom is -0.495 e. The monoisotopic (exact) mass is 395 g/mol. The third-order valence-electron chi connectivity index (χ3n) is 4.39. The van der Waals surface area contributed by atoms with Gasteiger partial charge in [-0.1, -0.05) is 11.6 Å². The van der Waals surface area contributed by atoms with Crippen molar-refractivity contribution in [3.05, 3.63) is 76.4 Å². The fourth-order valence-electron chi connectivity index (χ4n) is 3.02. The Kier molecular flexibility index (Phi) is 4.79. The Morgan fingerprint density at radius 2 is 1.89 bits per heavy atom. The van der Waals surface area contributed by atoms with Gasteiger partial charge in [-0.3, -0.25) is 9.36 Å². The van der Waals surface area contributed by atoms with Crippen molar-refractivity contribution < 1.29 is 9.47 Å². The predicted molar refractivity (Wildman–Crippen MR) is 109 cm³/mol. The predicted octanol–water partition coefficient (Wildman–Crippen LogP) is 4.21. The number of halogens is 1. The Hall–Kier alpha value is -3.25. The maximum absolute atomic E-state index is 13.0. The highest BCUT2D eigenvalue weighted by molar-refractivity contribution is 6.32. The number of imidazole rings is 1. The second-order valence-electron chi connectivity index (χ2n) is 6.11. The van der Waals surface area contributed by atoms with Gasteiger partial charge in [0.25, 0.3) is 5.56 Å². The fraction of sp³-hybridized carbons (Fsp3) is 0.143. The smallest absolute Gasteiger partial charge is 0.298 e. The van der Waals surface area contributed by atoms with Crippen molar-refractivity contribution in [2.75, 3.05) is 13.7 Å². The number of aromatic nitrogens is 3. The molecule has 0 amide bonds. The fourth-order valence-corrected chi connectivity index (χ4v) is 3.27. The summed E-state index contributed by atoms with van der Waals surface area (Å²) in [6, 6.07) is 12.8. The van der Waals surface area contributed by atoms with Crippen molar-refractivity contribution in [1.82, 2.24) is 14.0 Å². The molecule has 142 valence electrons. The summed E-state index contributed by atoms with van der Waals surface area (Å²) in [7, 11) is 1.55. The van der Waals surface area contributed by atoms with E-state index in [1.807, 2.05) is 37.4 Å². The lowest BCUT2D eigenvalue weighted by molar-refractivity contribution is 0.340. The van der Waals surface area contributed by atoms with Gasteiger partial charge >= 0.3 is 0 Å². The van der Waals surface area contributed by atoms with Crippen molar-refractivity contribution in [2.45, 2.75) is 6.92 Å². The topological polar surface area (TPSA) is 57.8 Å². The SMILES string of the molecule is CCOc1ccc(-c2cn3ccn(-c4ccc(OC)c(Cl)c4)c(=O)c3n2)cc1. The molecule has 0 fully saturated rings. The number of methoxy groups -OCH3 is 1. The molecule has 7 heteroatoms. The van der Waals surface area contributed by atoms with Gasteiger partial charge in [-0.05, 0) is 49.4 Å². The quantitative estimate of drug-likeness (QED) is 0.508. The van der Waals surface area contributed by atoms with E-state index < -0.39 is 0 Å². The summed E-state index contributed by atoms with van der Waals surface area (Å²) in [6.07, 6.45) is 5.31. The summed E-state index contributed by atoms with van der Waals surface area (Å²) in [5, 5.41) is 0.435. The second kappa shape index (κ2) is 7.40. The average Bonchev–Trinajstić information content (AvgIpc) is 3.14. The summed E-state index contributed by atoms with van der Waals surface area (Å²) in [5.41, 5.74) is 2.36. The van der Waals surface area contributed by atoms with Crippen LogP contribution in [-0.4, -0.2) is 27.7 Å². The minimum atomic E-state index is -0.235. The van der Waals surface area contributed by atoms with Crippen LogP contribution in [-0.2, 0) is 0 Å². The zero-order valence-electron chi connectivity index (χ0n) is 15.4. The number of hydrogen-bond donors (Lipinski definition) is 0. The number of fused-ring (bicyclic) bond motifs is 1. The van der Waals surface area contributed by atoms with E-state index in [-0.39, 0.29) is 5.56 Å². The lowest BCUT2D eigenvalue weighted by Gasteiger charge is -2.08. The van der Waals surface area contributed by atoms with Crippen LogP contribution in [0.3, 0.4) is 0 Å². The zero-order valence-corrected chi connectivity index (χ0v) is 16.2. The van der Waals surface area contributed by atoms with Crippen LogP contribution in [0.4, 0.5) is 0 Å². The third kappa shape index (κ3) is 3.23. The molecular weight excluding hydrogens is 378 g/mol. The van der Waals surface area contributed by atoms with Crippen molar-refractivity contribution in [3.63, 3.8) is 0 Å². The molecule has 6 nitrogen and oxygen atoms in total. The van der Waals surface area contributed by atoms with Gasteiger partial charge in [-0.25, -0.2) is 4.98 Å². The highest BCUT2D eigenvalue weighted by atomic mass is 35.5. The van der Waals surface area contributed by atoms with Crippen LogP contribution in [0.5, 0.6) is 11.5 Å². The molecule has 0 saturated carbocycles. The van der Waals surface area contributed by atoms with Crippen LogP contribution in [0.2, 0.25) is 5.02 Å². The van der Waals surface area contributed by atoms with E-state index in [1.54, 1.807) is 42.1 Å². The van der Waals surface area contributed by atoms with Gasteiger partial charge in [0.15, 0.2) is 0 Å². The summed E-state index contributed by atoms with van der Waals surface area (Å²) < 4.78 is 13.9. The second-order valence-corrected chi connectivity index (χ2v) is 6.51. The number of rotatable bonds is 5. The van der Waals surface area contributed by atoms with Crippen LogP contribution in [0.1, 0.15) is 6.92 Å². The molecule has 2 aromatic carbocycles. The molecule has 0 saturated heterocycles. The maximum Gasteiger partial charge on any atom is 0.298 e. The Balaban J connectivity index is 1.76. The van der Waals surface area contributed by atoms with Gasteiger partial charge in [0.1, 0.15) is 11.5 Å². The number of ether oxygens (including phenoxy) is 2. The van der Waals surface area contributed by atoms with Crippen LogP contribution in [0.25, 0.3) is 22.6 Å². The largest absolute Gasteiger partial charge is 0.495 e. The molecule has 0 atom stereocenters. The molecule has 0 aliphatic rings. The van der Waals surface area contributed by atoms with Gasteiger partial charge in [0.05, 0.1) is 30.1 Å². The lowest BCUT2D eigenvalue weighted by atomic mass is 10.2. The highest BCUT2D eigenvalue weighted by Gasteiger charge is 2.11. The molecule has 0 aliphatic carbocycles. The molecule has 28 heavy (non-hydrogen) atoms. The van der Waals surface area contributed by atoms with Gasteiger partial charge in [0, 0.05) is 24.2 Å². The first-order valence-electron chi connectivity index (χ1n) is 8.78. The van der Waals surface area contributed by atoms with E-state index in [0.29, 0.717) is 34.4 Å².